The number of rotatable bonds is 8. The van der Waals surface area contributed by atoms with Crippen LogP contribution in [0.3, 0.4) is 0 Å². The first-order valence-electron chi connectivity index (χ1n) is 8.91. The zero-order chi connectivity index (χ0) is 25.0. The maximum absolute atomic E-state index is 12.4. The van der Waals surface area contributed by atoms with Crippen LogP contribution in [0.2, 0.25) is 0 Å². The Bertz CT molecular complexity index is 1070. The summed E-state index contributed by atoms with van der Waals surface area (Å²) in [6.45, 7) is -1.48. The van der Waals surface area contributed by atoms with Crippen LogP contribution in [0.15, 0.2) is 36.4 Å². The number of benzene rings is 2. The fourth-order valence-electron chi connectivity index (χ4n) is 2.70. The highest BCUT2D eigenvalue weighted by molar-refractivity contribution is 5.96. The van der Waals surface area contributed by atoms with Gasteiger partial charge in [-0.25, -0.2) is 0 Å². The van der Waals surface area contributed by atoms with Gasteiger partial charge in [-0.15, -0.1) is 0 Å². The number of halogens is 6. The molecule has 0 fully saturated rings. The molecule has 0 aliphatic heterocycles. The van der Waals surface area contributed by atoms with Gasteiger partial charge in [-0.2, -0.15) is 26.3 Å². The molecule has 2 aromatic rings. The molecule has 1 amide bonds. The molecule has 0 aromatic heterocycles. The second kappa shape index (κ2) is 9.70. The topological polar surface area (TPSA) is 127 Å². The highest BCUT2D eigenvalue weighted by Crippen LogP contribution is 2.30. The normalized spacial score (nSPS) is 11.7. The van der Waals surface area contributed by atoms with Crippen molar-refractivity contribution in [3.63, 3.8) is 0 Å². The number of alkyl halides is 6. The monoisotopic (exact) mass is 480 g/mol. The minimum Gasteiger partial charge on any atom is -0.371 e. The van der Waals surface area contributed by atoms with Crippen molar-refractivity contribution < 1.29 is 41.0 Å². The Hall–Kier alpha value is -3.91. The van der Waals surface area contributed by atoms with Crippen molar-refractivity contribution in [3.05, 3.63) is 67.8 Å². The largest absolute Gasteiger partial charge is 0.471 e. The number of nitrogens with one attached hydrogen (secondary N) is 2. The number of nitro benzene ring substituents is 2. The van der Waals surface area contributed by atoms with E-state index < -0.39 is 51.7 Å². The number of hydrogen-bond donors (Lipinski definition) is 2. The van der Waals surface area contributed by atoms with E-state index in [9.17, 15) is 51.4 Å². The Kier molecular flexibility index (Phi) is 7.45. The van der Waals surface area contributed by atoms with Gasteiger partial charge in [0.15, 0.2) is 0 Å². The molecule has 0 unspecified atom stereocenters. The average molecular weight is 480 g/mol. The number of carbonyl (C=O) groups excluding carboxylic acids is 1. The fourth-order valence-corrected chi connectivity index (χ4v) is 2.70. The number of carbonyl (C=O) groups is 1. The molecule has 2 aromatic carbocycles. The third-order valence-corrected chi connectivity index (χ3v) is 4.20. The SMILES string of the molecule is O=C(Nc1ccc(CCc2ccc(NCC(F)(F)F)c([N+](=O)[O-])c2)cc1[N+](=O)[O-])C(F)(F)F. The first-order valence-corrected chi connectivity index (χ1v) is 8.91. The van der Waals surface area contributed by atoms with Crippen LogP contribution in [0.5, 0.6) is 0 Å². The number of nitrogens with zero attached hydrogens (tertiary/aromatic N) is 2. The molecule has 2 rings (SSSR count). The maximum Gasteiger partial charge on any atom is 0.471 e. The van der Waals surface area contributed by atoms with Crippen LogP contribution < -0.4 is 10.6 Å². The van der Waals surface area contributed by atoms with E-state index >= 15 is 0 Å². The van der Waals surface area contributed by atoms with Gasteiger partial charge < -0.3 is 10.6 Å². The molecule has 0 radical (unpaired) electrons. The molecular weight excluding hydrogens is 466 g/mol. The lowest BCUT2D eigenvalue weighted by Gasteiger charge is -2.11. The Labute approximate surface area is 180 Å². The fraction of sp³-hybridized carbons (Fsp3) is 0.278. The van der Waals surface area contributed by atoms with E-state index in [2.05, 4.69) is 0 Å². The van der Waals surface area contributed by atoms with Gasteiger partial charge in [-0.05, 0) is 36.1 Å². The standard InChI is InChI=1S/C18H14F6N4O5/c19-17(20,21)9-25-12-5-3-10(7-14(12)27(30)31)1-2-11-4-6-13(15(8-11)28(32)33)26-16(29)18(22,23)24/h3-8,25H,1-2,9H2,(H,26,29). The van der Waals surface area contributed by atoms with Crippen LogP contribution in [0.25, 0.3) is 0 Å². The third-order valence-electron chi connectivity index (χ3n) is 4.20. The highest BCUT2D eigenvalue weighted by Gasteiger charge is 2.39. The summed E-state index contributed by atoms with van der Waals surface area (Å²) >= 11 is 0. The molecular formula is C18H14F6N4O5. The Morgan fingerprint density at radius 2 is 1.27 bits per heavy atom. The summed E-state index contributed by atoms with van der Waals surface area (Å²) in [6, 6.07) is 6.57. The summed E-state index contributed by atoms with van der Waals surface area (Å²) in [5.41, 5.74) is -1.80. The molecule has 0 saturated carbocycles. The van der Waals surface area contributed by atoms with Crippen LogP contribution >= 0.6 is 0 Å². The first kappa shape index (κ1) is 25.4. The van der Waals surface area contributed by atoms with Gasteiger partial charge in [0, 0.05) is 12.1 Å². The summed E-state index contributed by atoms with van der Waals surface area (Å²) in [7, 11) is 0. The molecule has 0 atom stereocenters. The van der Waals surface area contributed by atoms with E-state index in [1.165, 1.54) is 17.4 Å². The minimum atomic E-state index is -5.25. The second-order valence-electron chi connectivity index (χ2n) is 6.64. The summed E-state index contributed by atoms with van der Waals surface area (Å²) in [5, 5.41) is 25.7. The van der Waals surface area contributed by atoms with Crippen LogP contribution in [0.4, 0.5) is 49.1 Å². The predicted molar refractivity (Wildman–Crippen MR) is 103 cm³/mol. The lowest BCUT2D eigenvalue weighted by atomic mass is 10.0. The number of nitro groups is 2. The van der Waals surface area contributed by atoms with Crippen LogP contribution in [-0.2, 0) is 17.6 Å². The lowest BCUT2D eigenvalue weighted by molar-refractivity contribution is -0.384. The molecule has 33 heavy (non-hydrogen) atoms. The first-order chi connectivity index (χ1) is 15.2. The van der Waals surface area contributed by atoms with E-state index in [0.717, 1.165) is 24.3 Å². The van der Waals surface area contributed by atoms with Gasteiger partial charge in [0.05, 0.1) is 9.85 Å². The molecule has 0 saturated heterocycles. The number of aryl methyl sites for hydroxylation is 2. The molecule has 0 spiro atoms. The minimum absolute atomic E-state index is 0.0564. The van der Waals surface area contributed by atoms with Crippen molar-refractivity contribution in [2.75, 3.05) is 17.2 Å². The van der Waals surface area contributed by atoms with Crippen LogP contribution in [-0.4, -0.2) is 34.7 Å². The zero-order valence-corrected chi connectivity index (χ0v) is 16.3. The molecule has 9 nitrogen and oxygen atoms in total. The second-order valence-corrected chi connectivity index (χ2v) is 6.64. The number of hydrogen-bond acceptors (Lipinski definition) is 6. The van der Waals surface area contributed by atoms with Crippen molar-refractivity contribution in [2.45, 2.75) is 25.2 Å². The lowest BCUT2D eigenvalue weighted by Crippen LogP contribution is -2.30. The van der Waals surface area contributed by atoms with Crippen molar-refractivity contribution in [3.8, 4) is 0 Å². The van der Waals surface area contributed by atoms with E-state index in [4.69, 9.17) is 0 Å². The van der Waals surface area contributed by atoms with Gasteiger partial charge >= 0.3 is 18.3 Å². The van der Waals surface area contributed by atoms with Gasteiger partial charge in [0.1, 0.15) is 17.9 Å². The molecule has 2 N–H and O–H groups in total. The highest BCUT2D eigenvalue weighted by atomic mass is 19.4. The Morgan fingerprint density at radius 1 is 0.818 bits per heavy atom. The molecule has 0 aliphatic rings. The van der Waals surface area contributed by atoms with E-state index in [1.807, 2.05) is 5.32 Å². The molecule has 0 aliphatic carbocycles. The Balaban J connectivity index is 2.19. The molecule has 0 bridgehead atoms. The average Bonchev–Trinajstić information content (AvgIpc) is 2.70. The van der Waals surface area contributed by atoms with Gasteiger partial charge in [0.2, 0.25) is 0 Å². The predicted octanol–water partition coefficient (Wildman–Crippen LogP) is 4.76. The zero-order valence-electron chi connectivity index (χ0n) is 16.3. The summed E-state index contributed by atoms with van der Waals surface area (Å²) in [6.07, 6.45) is -9.71. The summed E-state index contributed by atoms with van der Waals surface area (Å²) in [5.74, 6) is -2.38. The maximum atomic E-state index is 12.4. The van der Waals surface area contributed by atoms with Crippen LogP contribution in [0.1, 0.15) is 11.1 Å². The van der Waals surface area contributed by atoms with E-state index in [1.54, 1.807) is 0 Å². The van der Waals surface area contributed by atoms with Crippen molar-refractivity contribution in [1.82, 2.24) is 0 Å². The number of amides is 1. The summed E-state index contributed by atoms with van der Waals surface area (Å²) < 4.78 is 74.2. The van der Waals surface area contributed by atoms with Crippen molar-refractivity contribution >= 4 is 28.7 Å². The van der Waals surface area contributed by atoms with Crippen molar-refractivity contribution in [1.29, 1.82) is 0 Å². The molecule has 0 heterocycles. The van der Waals surface area contributed by atoms with E-state index in [0.29, 0.717) is 5.56 Å². The molecule has 15 heteroatoms. The van der Waals surface area contributed by atoms with Crippen molar-refractivity contribution in [2.24, 2.45) is 0 Å². The van der Waals surface area contributed by atoms with Gasteiger partial charge in [-0.1, -0.05) is 12.1 Å². The van der Waals surface area contributed by atoms with Crippen LogP contribution in [0, 0.1) is 20.2 Å². The third kappa shape index (κ3) is 7.33. The summed E-state index contributed by atoms with van der Waals surface area (Å²) in [4.78, 5) is 31.5. The smallest absolute Gasteiger partial charge is 0.371 e. The quantitative estimate of drug-likeness (QED) is 0.319. The number of anilines is 2. The van der Waals surface area contributed by atoms with Gasteiger partial charge in [0.25, 0.3) is 11.4 Å². The van der Waals surface area contributed by atoms with E-state index in [-0.39, 0.29) is 24.1 Å². The Morgan fingerprint density at radius 3 is 1.70 bits per heavy atom. The molecule has 178 valence electrons. The van der Waals surface area contributed by atoms with Gasteiger partial charge in [-0.3, -0.25) is 25.0 Å².